The van der Waals surface area contributed by atoms with Gasteiger partial charge in [-0.15, -0.1) is 0 Å². The minimum absolute atomic E-state index is 0.0721. The number of nitrogens with zero attached hydrogens (tertiary/aromatic N) is 1. The molecule has 2 rings (SSSR count). The Bertz CT molecular complexity index is 521. The molecule has 1 aliphatic rings. The van der Waals surface area contributed by atoms with Crippen molar-refractivity contribution in [2.45, 2.75) is 25.4 Å². The fourth-order valence-electron chi connectivity index (χ4n) is 2.00. The lowest BCUT2D eigenvalue weighted by Gasteiger charge is -2.28. The summed E-state index contributed by atoms with van der Waals surface area (Å²) in [6.45, 7) is 0.354. The van der Waals surface area contributed by atoms with Gasteiger partial charge in [-0.25, -0.2) is 4.39 Å². The molecular formula is C13H14ClFN2O2. The summed E-state index contributed by atoms with van der Waals surface area (Å²) in [5.74, 6) is -0.894. The molecule has 1 heterocycles. The van der Waals surface area contributed by atoms with Crippen molar-refractivity contribution in [2.24, 2.45) is 0 Å². The fraction of sp³-hybridized carbons (Fsp3) is 0.385. The Balaban J connectivity index is 1.97. The molecule has 102 valence electrons. The Hall–Kier alpha value is -1.46. The zero-order chi connectivity index (χ0) is 14.0. The first-order valence-corrected chi connectivity index (χ1v) is 6.34. The van der Waals surface area contributed by atoms with Crippen LogP contribution in [0.15, 0.2) is 18.2 Å². The molecule has 1 atom stereocenters. The van der Waals surface area contributed by atoms with Crippen LogP contribution in [0.4, 0.5) is 4.39 Å². The van der Waals surface area contributed by atoms with Gasteiger partial charge < -0.3 is 5.32 Å². The molecular weight excluding hydrogens is 271 g/mol. The molecule has 1 saturated heterocycles. The standard InChI is InChI=1S/C13H14ClFN2O2/c1-17-12(18)5-4-11(13(17)19)16-7-8-2-3-9(14)10(15)6-8/h2-3,6,11,16H,4-5,7H2,1H3. The second-order valence-electron chi connectivity index (χ2n) is 4.51. The van der Waals surface area contributed by atoms with E-state index in [9.17, 15) is 14.0 Å². The first kappa shape index (κ1) is 14.0. The molecule has 0 spiro atoms. The topological polar surface area (TPSA) is 49.4 Å². The van der Waals surface area contributed by atoms with Gasteiger partial charge in [0.25, 0.3) is 0 Å². The smallest absolute Gasteiger partial charge is 0.246 e. The first-order valence-electron chi connectivity index (χ1n) is 5.96. The van der Waals surface area contributed by atoms with Crippen molar-refractivity contribution in [1.29, 1.82) is 0 Å². The van der Waals surface area contributed by atoms with Crippen LogP contribution in [-0.4, -0.2) is 29.8 Å². The highest BCUT2D eigenvalue weighted by Crippen LogP contribution is 2.16. The summed E-state index contributed by atoms with van der Waals surface area (Å²) in [5.41, 5.74) is 0.703. The number of piperidine rings is 1. The zero-order valence-corrected chi connectivity index (χ0v) is 11.2. The molecule has 1 N–H and O–H groups in total. The number of rotatable bonds is 3. The third-order valence-corrected chi connectivity index (χ3v) is 3.49. The first-order chi connectivity index (χ1) is 8.99. The summed E-state index contributed by atoms with van der Waals surface area (Å²) < 4.78 is 13.3. The number of amides is 2. The molecule has 19 heavy (non-hydrogen) atoms. The van der Waals surface area contributed by atoms with E-state index >= 15 is 0 Å². The molecule has 1 aromatic carbocycles. The van der Waals surface area contributed by atoms with Crippen molar-refractivity contribution >= 4 is 23.4 Å². The van der Waals surface area contributed by atoms with Crippen LogP contribution < -0.4 is 5.32 Å². The van der Waals surface area contributed by atoms with E-state index in [1.807, 2.05) is 0 Å². The molecule has 2 amide bonds. The maximum absolute atomic E-state index is 13.3. The lowest BCUT2D eigenvalue weighted by Crippen LogP contribution is -2.51. The van der Waals surface area contributed by atoms with Gasteiger partial charge in [0.1, 0.15) is 5.82 Å². The van der Waals surface area contributed by atoms with Gasteiger partial charge in [-0.2, -0.15) is 0 Å². The van der Waals surface area contributed by atoms with E-state index in [2.05, 4.69) is 5.32 Å². The van der Waals surface area contributed by atoms with Gasteiger partial charge in [0, 0.05) is 20.0 Å². The summed E-state index contributed by atoms with van der Waals surface area (Å²) in [4.78, 5) is 24.3. The Morgan fingerprint density at radius 1 is 1.47 bits per heavy atom. The average Bonchev–Trinajstić information content (AvgIpc) is 2.39. The van der Waals surface area contributed by atoms with Crippen molar-refractivity contribution in [2.75, 3.05) is 7.05 Å². The van der Waals surface area contributed by atoms with Crippen LogP contribution in [0.5, 0.6) is 0 Å². The molecule has 1 aromatic rings. The van der Waals surface area contributed by atoms with Crippen molar-refractivity contribution < 1.29 is 14.0 Å². The van der Waals surface area contributed by atoms with Crippen LogP contribution >= 0.6 is 11.6 Å². The molecule has 1 aliphatic heterocycles. The summed E-state index contributed by atoms with van der Waals surface area (Å²) in [7, 11) is 1.47. The van der Waals surface area contributed by atoms with Crippen LogP contribution in [-0.2, 0) is 16.1 Å². The third-order valence-electron chi connectivity index (χ3n) is 3.19. The number of halogens is 2. The molecule has 0 radical (unpaired) electrons. The maximum Gasteiger partial charge on any atom is 0.246 e. The van der Waals surface area contributed by atoms with Gasteiger partial charge in [-0.05, 0) is 24.1 Å². The van der Waals surface area contributed by atoms with E-state index < -0.39 is 11.9 Å². The van der Waals surface area contributed by atoms with E-state index in [1.165, 1.54) is 19.2 Å². The number of hydrogen-bond donors (Lipinski definition) is 1. The van der Waals surface area contributed by atoms with E-state index in [1.54, 1.807) is 6.07 Å². The van der Waals surface area contributed by atoms with E-state index in [4.69, 9.17) is 11.6 Å². The van der Waals surface area contributed by atoms with Gasteiger partial charge in [0.2, 0.25) is 11.8 Å². The summed E-state index contributed by atoms with van der Waals surface area (Å²) in [5, 5.41) is 3.10. The number of hydrogen-bond acceptors (Lipinski definition) is 3. The Morgan fingerprint density at radius 2 is 2.21 bits per heavy atom. The number of imide groups is 1. The van der Waals surface area contributed by atoms with Crippen LogP contribution in [0.25, 0.3) is 0 Å². The molecule has 0 aromatic heterocycles. The molecule has 0 bridgehead atoms. The van der Waals surface area contributed by atoms with Crippen LogP contribution in [0.2, 0.25) is 5.02 Å². The summed E-state index contributed by atoms with van der Waals surface area (Å²) >= 11 is 5.59. The summed E-state index contributed by atoms with van der Waals surface area (Å²) in [6, 6.07) is 4.10. The highest BCUT2D eigenvalue weighted by Gasteiger charge is 2.31. The summed E-state index contributed by atoms with van der Waals surface area (Å²) in [6.07, 6.45) is 0.812. The predicted octanol–water partition coefficient (Wildman–Crippen LogP) is 1.72. The van der Waals surface area contributed by atoms with Crippen molar-refractivity contribution in [3.63, 3.8) is 0 Å². The number of carbonyl (C=O) groups is 2. The fourth-order valence-corrected chi connectivity index (χ4v) is 2.11. The normalized spacial score (nSPS) is 19.9. The lowest BCUT2D eigenvalue weighted by atomic mass is 10.0. The van der Waals surface area contributed by atoms with Crippen molar-refractivity contribution in [3.05, 3.63) is 34.6 Å². The minimum atomic E-state index is -0.483. The van der Waals surface area contributed by atoms with Crippen LogP contribution in [0.1, 0.15) is 18.4 Å². The largest absolute Gasteiger partial charge is 0.302 e. The highest BCUT2D eigenvalue weighted by atomic mass is 35.5. The Morgan fingerprint density at radius 3 is 2.89 bits per heavy atom. The monoisotopic (exact) mass is 284 g/mol. The van der Waals surface area contributed by atoms with E-state index in [-0.39, 0.29) is 16.8 Å². The lowest BCUT2D eigenvalue weighted by molar-refractivity contribution is -0.148. The van der Waals surface area contributed by atoms with Crippen molar-refractivity contribution in [3.8, 4) is 0 Å². The van der Waals surface area contributed by atoms with E-state index in [0.29, 0.717) is 24.9 Å². The van der Waals surface area contributed by atoms with Gasteiger partial charge in [0.15, 0.2) is 0 Å². The Kier molecular flexibility index (Phi) is 4.17. The molecule has 1 fully saturated rings. The third kappa shape index (κ3) is 3.11. The van der Waals surface area contributed by atoms with E-state index in [0.717, 1.165) is 4.90 Å². The van der Waals surface area contributed by atoms with Gasteiger partial charge >= 0.3 is 0 Å². The molecule has 1 unspecified atom stereocenters. The number of likely N-dealkylation sites (tertiary alicyclic amines) is 1. The van der Waals surface area contributed by atoms with Gasteiger partial charge in [-0.1, -0.05) is 17.7 Å². The zero-order valence-electron chi connectivity index (χ0n) is 10.5. The molecule has 4 nitrogen and oxygen atoms in total. The van der Waals surface area contributed by atoms with Gasteiger partial charge in [-0.3, -0.25) is 14.5 Å². The average molecular weight is 285 g/mol. The second-order valence-corrected chi connectivity index (χ2v) is 4.92. The number of benzene rings is 1. The molecule has 0 saturated carbocycles. The molecule has 6 heteroatoms. The number of nitrogens with one attached hydrogen (secondary N) is 1. The van der Waals surface area contributed by atoms with Crippen LogP contribution in [0, 0.1) is 5.82 Å². The SMILES string of the molecule is CN1C(=O)CCC(NCc2ccc(Cl)c(F)c2)C1=O. The van der Waals surface area contributed by atoms with Crippen molar-refractivity contribution in [1.82, 2.24) is 10.2 Å². The van der Waals surface area contributed by atoms with Crippen LogP contribution in [0.3, 0.4) is 0 Å². The maximum atomic E-state index is 13.3. The second kappa shape index (κ2) is 5.67. The Labute approximate surface area is 115 Å². The minimum Gasteiger partial charge on any atom is -0.302 e. The number of carbonyl (C=O) groups excluding carboxylic acids is 2. The molecule has 0 aliphatic carbocycles. The quantitative estimate of drug-likeness (QED) is 0.860. The predicted molar refractivity (Wildman–Crippen MR) is 69.0 cm³/mol. The number of likely N-dealkylation sites (N-methyl/N-ethyl adjacent to an activating group) is 1. The van der Waals surface area contributed by atoms with Gasteiger partial charge in [0.05, 0.1) is 11.1 Å². The highest BCUT2D eigenvalue weighted by molar-refractivity contribution is 6.30.